The standard InChI is InChI=1S/C23H24O11/c1-30-12-7-13(25)16-14(8-12)33-21(22(31-2)18(16)27)10-3-5-11(6-4-10)32-23-20(29)19(28)17(26)15(9-24)34-23/h3-8,15,17,19-20,23-26,28-29H,9H2,1-2H3/t15-,17-,19+,20-,23?/m1/s1. The molecule has 0 spiro atoms. The topological polar surface area (TPSA) is 168 Å². The van der Waals surface area contributed by atoms with Gasteiger partial charge in [-0.2, -0.15) is 0 Å². The summed E-state index contributed by atoms with van der Waals surface area (Å²) in [4.78, 5) is 12.9. The van der Waals surface area contributed by atoms with Crippen LogP contribution in [-0.2, 0) is 4.74 Å². The summed E-state index contributed by atoms with van der Waals surface area (Å²) in [6.45, 7) is -0.578. The number of hydrogen-bond acceptors (Lipinski definition) is 11. The summed E-state index contributed by atoms with van der Waals surface area (Å²) < 4.78 is 27.2. The summed E-state index contributed by atoms with van der Waals surface area (Å²) in [7, 11) is 2.72. The molecule has 2 heterocycles. The first-order valence-electron chi connectivity index (χ1n) is 10.3. The second-order valence-corrected chi connectivity index (χ2v) is 7.65. The zero-order valence-electron chi connectivity index (χ0n) is 18.2. The molecule has 1 fully saturated rings. The highest BCUT2D eigenvalue weighted by atomic mass is 16.7. The Morgan fingerprint density at radius 2 is 1.65 bits per heavy atom. The Hall–Kier alpha value is -3.35. The predicted octanol–water partition coefficient (Wildman–Crippen LogP) is 0.361. The van der Waals surface area contributed by atoms with Crippen LogP contribution < -0.4 is 19.6 Å². The summed E-state index contributed by atoms with van der Waals surface area (Å²) in [5.74, 6) is 0.209. The SMILES string of the molecule is COc1cc(O)c2c(=O)c(OC)c(-c3ccc(OC4O[C@H](CO)[C@@H](O)[C@H](O)[C@H]4O)cc3)oc2c1. The lowest BCUT2D eigenvalue weighted by Crippen LogP contribution is -2.60. The molecule has 0 bridgehead atoms. The van der Waals surface area contributed by atoms with Crippen molar-refractivity contribution in [1.82, 2.24) is 0 Å². The van der Waals surface area contributed by atoms with Crippen LogP contribution >= 0.6 is 0 Å². The third-order valence-corrected chi connectivity index (χ3v) is 5.56. The van der Waals surface area contributed by atoms with Gasteiger partial charge in [-0.3, -0.25) is 4.79 Å². The van der Waals surface area contributed by atoms with E-state index < -0.39 is 42.7 Å². The zero-order chi connectivity index (χ0) is 24.6. The molecule has 0 amide bonds. The van der Waals surface area contributed by atoms with Gasteiger partial charge in [-0.25, -0.2) is 0 Å². The van der Waals surface area contributed by atoms with Crippen LogP contribution in [0.25, 0.3) is 22.3 Å². The summed E-state index contributed by atoms with van der Waals surface area (Å²) >= 11 is 0. The summed E-state index contributed by atoms with van der Waals surface area (Å²) in [6.07, 6.45) is -7.07. The molecule has 5 N–H and O–H groups in total. The molecular weight excluding hydrogens is 452 g/mol. The van der Waals surface area contributed by atoms with Crippen molar-refractivity contribution in [3.05, 3.63) is 46.6 Å². The van der Waals surface area contributed by atoms with Crippen molar-refractivity contribution in [2.75, 3.05) is 20.8 Å². The minimum atomic E-state index is -1.57. The Labute approximate surface area is 192 Å². The van der Waals surface area contributed by atoms with E-state index in [-0.39, 0.29) is 34.0 Å². The Kier molecular flexibility index (Phi) is 6.64. The number of benzene rings is 2. The number of ether oxygens (including phenoxy) is 4. The number of phenolic OH excluding ortho intramolecular Hbond substituents is 1. The maximum atomic E-state index is 12.9. The van der Waals surface area contributed by atoms with Crippen LogP contribution in [0.5, 0.6) is 23.0 Å². The summed E-state index contributed by atoms with van der Waals surface area (Å²) in [5, 5.41) is 49.4. The Bertz CT molecular complexity index is 1220. The van der Waals surface area contributed by atoms with Crippen molar-refractivity contribution in [2.45, 2.75) is 30.7 Å². The van der Waals surface area contributed by atoms with Gasteiger partial charge in [0.2, 0.25) is 17.5 Å². The largest absolute Gasteiger partial charge is 0.507 e. The Balaban J connectivity index is 1.66. The Morgan fingerprint density at radius 3 is 2.26 bits per heavy atom. The third kappa shape index (κ3) is 4.15. The fourth-order valence-corrected chi connectivity index (χ4v) is 3.73. The molecule has 4 rings (SSSR count). The van der Waals surface area contributed by atoms with Crippen molar-refractivity contribution >= 4 is 11.0 Å². The van der Waals surface area contributed by atoms with Crippen molar-refractivity contribution in [2.24, 2.45) is 0 Å². The van der Waals surface area contributed by atoms with E-state index in [1.807, 2.05) is 0 Å². The first-order valence-corrected chi connectivity index (χ1v) is 10.3. The van der Waals surface area contributed by atoms with Crippen molar-refractivity contribution in [1.29, 1.82) is 0 Å². The minimum Gasteiger partial charge on any atom is -0.507 e. The number of rotatable bonds is 6. The third-order valence-electron chi connectivity index (χ3n) is 5.56. The smallest absolute Gasteiger partial charge is 0.239 e. The number of aliphatic hydroxyl groups is 4. The van der Waals surface area contributed by atoms with Crippen molar-refractivity contribution in [3.8, 4) is 34.3 Å². The maximum absolute atomic E-state index is 12.9. The number of phenols is 1. The van der Waals surface area contributed by atoms with E-state index in [1.165, 1.54) is 38.5 Å². The van der Waals surface area contributed by atoms with E-state index in [4.69, 9.17) is 23.4 Å². The minimum absolute atomic E-state index is 0.0519. The molecule has 34 heavy (non-hydrogen) atoms. The first kappa shape index (κ1) is 23.8. The van der Waals surface area contributed by atoms with Gasteiger partial charge in [-0.05, 0) is 24.3 Å². The van der Waals surface area contributed by atoms with Gasteiger partial charge in [0.25, 0.3) is 0 Å². The van der Waals surface area contributed by atoms with E-state index >= 15 is 0 Å². The van der Waals surface area contributed by atoms with Crippen molar-refractivity contribution < 1.29 is 48.9 Å². The molecule has 0 saturated carbocycles. The molecule has 1 aromatic heterocycles. The summed E-state index contributed by atoms with van der Waals surface area (Å²) in [6, 6.07) is 8.89. The fourth-order valence-electron chi connectivity index (χ4n) is 3.73. The molecule has 1 unspecified atom stereocenters. The average molecular weight is 476 g/mol. The zero-order valence-corrected chi connectivity index (χ0v) is 18.2. The highest BCUT2D eigenvalue weighted by Crippen LogP contribution is 2.36. The molecule has 11 heteroatoms. The van der Waals surface area contributed by atoms with Gasteiger partial charge in [0, 0.05) is 17.7 Å². The highest BCUT2D eigenvalue weighted by Gasteiger charge is 2.44. The molecule has 3 aromatic rings. The average Bonchev–Trinajstić information content (AvgIpc) is 2.84. The molecule has 11 nitrogen and oxygen atoms in total. The number of aliphatic hydroxyl groups excluding tert-OH is 4. The molecule has 0 aliphatic carbocycles. The quantitative estimate of drug-likeness (QED) is 0.333. The van der Waals surface area contributed by atoms with Crippen LogP contribution in [-0.4, -0.2) is 77.1 Å². The molecule has 1 aliphatic rings. The Morgan fingerprint density at radius 1 is 0.941 bits per heavy atom. The van der Waals surface area contributed by atoms with Gasteiger partial charge in [0.15, 0.2) is 5.76 Å². The van der Waals surface area contributed by atoms with Gasteiger partial charge in [0.1, 0.15) is 52.6 Å². The van der Waals surface area contributed by atoms with Crippen LogP contribution in [0.1, 0.15) is 0 Å². The molecule has 2 aromatic carbocycles. The van der Waals surface area contributed by atoms with Crippen molar-refractivity contribution in [3.63, 3.8) is 0 Å². The molecule has 1 aliphatic heterocycles. The predicted molar refractivity (Wildman–Crippen MR) is 117 cm³/mol. The second-order valence-electron chi connectivity index (χ2n) is 7.65. The number of fused-ring (bicyclic) bond motifs is 1. The van der Waals surface area contributed by atoms with Crippen LogP contribution in [0.15, 0.2) is 45.6 Å². The van der Waals surface area contributed by atoms with E-state index in [0.29, 0.717) is 11.3 Å². The lowest BCUT2D eigenvalue weighted by atomic mass is 9.99. The number of hydrogen-bond donors (Lipinski definition) is 5. The number of methoxy groups -OCH3 is 2. The molecule has 0 radical (unpaired) electrons. The molecule has 1 saturated heterocycles. The van der Waals surface area contributed by atoms with Gasteiger partial charge in [0.05, 0.1) is 20.8 Å². The van der Waals surface area contributed by atoms with Crippen LogP contribution in [0.4, 0.5) is 0 Å². The lowest BCUT2D eigenvalue weighted by Gasteiger charge is -2.39. The van der Waals surface area contributed by atoms with Gasteiger partial charge >= 0.3 is 0 Å². The number of aromatic hydroxyl groups is 1. The van der Waals surface area contributed by atoms with Gasteiger partial charge in [-0.1, -0.05) is 0 Å². The normalized spacial score (nSPS) is 24.7. The molecule has 182 valence electrons. The fraction of sp³-hybridized carbons (Fsp3) is 0.348. The summed E-state index contributed by atoms with van der Waals surface area (Å²) in [5.41, 5.74) is -0.0286. The maximum Gasteiger partial charge on any atom is 0.239 e. The van der Waals surface area contributed by atoms with Crippen LogP contribution in [0.3, 0.4) is 0 Å². The lowest BCUT2D eigenvalue weighted by molar-refractivity contribution is -0.277. The van der Waals surface area contributed by atoms with E-state index in [0.717, 1.165) is 0 Å². The molecular formula is C23H24O11. The van der Waals surface area contributed by atoms with Crippen LogP contribution in [0.2, 0.25) is 0 Å². The van der Waals surface area contributed by atoms with E-state index in [1.54, 1.807) is 12.1 Å². The van der Waals surface area contributed by atoms with E-state index in [2.05, 4.69) is 0 Å². The first-order chi connectivity index (χ1) is 16.3. The highest BCUT2D eigenvalue weighted by molar-refractivity contribution is 5.88. The van der Waals surface area contributed by atoms with Gasteiger partial charge in [-0.15, -0.1) is 0 Å². The van der Waals surface area contributed by atoms with Gasteiger partial charge < -0.3 is 48.9 Å². The monoisotopic (exact) mass is 476 g/mol. The van der Waals surface area contributed by atoms with Crippen LogP contribution in [0, 0.1) is 0 Å². The van der Waals surface area contributed by atoms with E-state index in [9.17, 15) is 30.3 Å². The second kappa shape index (κ2) is 9.49. The molecule has 5 atom stereocenters.